The molecule has 2 heterocycles. The van der Waals surface area contributed by atoms with Gasteiger partial charge < -0.3 is 5.32 Å². The predicted molar refractivity (Wildman–Crippen MR) is 108 cm³/mol. The number of hydrogen-bond acceptors (Lipinski definition) is 3. The van der Waals surface area contributed by atoms with Crippen LogP contribution in [0.4, 0.5) is 17.6 Å². The SMILES string of the molecule is Cc1c(C(=O)NCc2ccc(-n3ccc(C(F)(F)F)n3)cc2)cnn1-c1ccccc1F. The first kappa shape index (κ1) is 21.3. The fraction of sp³-hybridized carbons (Fsp3) is 0.136. The molecule has 0 aliphatic rings. The Hall–Kier alpha value is -3.95. The van der Waals surface area contributed by atoms with Crippen molar-refractivity contribution in [2.24, 2.45) is 0 Å². The maximum Gasteiger partial charge on any atom is 0.435 e. The summed E-state index contributed by atoms with van der Waals surface area (Å²) in [5.41, 5.74) is 1.26. The highest BCUT2D eigenvalue weighted by molar-refractivity contribution is 5.95. The van der Waals surface area contributed by atoms with Crippen LogP contribution in [0.1, 0.15) is 27.3 Å². The van der Waals surface area contributed by atoms with Crippen LogP contribution >= 0.6 is 0 Å². The third-order valence-corrected chi connectivity index (χ3v) is 4.87. The zero-order valence-electron chi connectivity index (χ0n) is 16.8. The second kappa shape index (κ2) is 8.29. The minimum Gasteiger partial charge on any atom is -0.348 e. The van der Waals surface area contributed by atoms with Gasteiger partial charge in [0.25, 0.3) is 5.91 Å². The molecule has 1 amide bonds. The molecule has 6 nitrogen and oxygen atoms in total. The smallest absolute Gasteiger partial charge is 0.348 e. The van der Waals surface area contributed by atoms with Crippen molar-refractivity contribution in [2.75, 3.05) is 0 Å². The van der Waals surface area contributed by atoms with Gasteiger partial charge in [0.05, 0.1) is 23.1 Å². The van der Waals surface area contributed by atoms with Gasteiger partial charge in [-0.25, -0.2) is 13.8 Å². The Bertz CT molecular complexity index is 1260. The molecule has 1 N–H and O–H groups in total. The van der Waals surface area contributed by atoms with E-state index in [1.807, 2.05) is 0 Å². The number of hydrogen-bond donors (Lipinski definition) is 1. The number of benzene rings is 2. The second-order valence-corrected chi connectivity index (χ2v) is 7.00. The van der Waals surface area contributed by atoms with Crippen LogP contribution in [0, 0.1) is 12.7 Å². The summed E-state index contributed by atoms with van der Waals surface area (Å²) >= 11 is 0. The van der Waals surface area contributed by atoms with Gasteiger partial charge in [-0.1, -0.05) is 24.3 Å². The van der Waals surface area contributed by atoms with Crippen molar-refractivity contribution in [2.45, 2.75) is 19.6 Å². The fourth-order valence-corrected chi connectivity index (χ4v) is 3.16. The van der Waals surface area contributed by atoms with Gasteiger partial charge in [0.15, 0.2) is 5.69 Å². The molecule has 164 valence electrons. The summed E-state index contributed by atoms with van der Waals surface area (Å²) in [4.78, 5) is 12.6. The fourth-order valence-electron chi connectivity index (χ4n) is 3.16. The van der Waals surface area contributed by atoms with Crippen molar-refractivity contribution in [1.82, 2.24) is 24.9 Å². The number of carbonyl (C=O) groups excluding carboxylic acids is 1. The normalized spacial score (nSPS) is 11.5. The van der Waals surface area contributed by atoms with Crippen LogP contribution in [0.5, 0.6) is 0 Å². The Morgan fingerprint density at radius 1 is 1.06 bits per heavy atom. The zero-order chi connectivity index (χ0) is 22.9. The summed E-state index contributed by atoms with van der Waals surface area (Å²) in [5, 5.41) is 10.4. The lowest BCUT2D eigenvalue weighted by Crippen LogP contribution is -2.23. The summed E-state index contributed by atoms with van der Waals surface area (Å²) in [6.07, 6.45) is -1.90. The molecule has 0 spiro atoms. The van der Waals surface area contributed by atoms with Gasteiger partial charge in [-0.3, -0.25) is 4.79 Å². The van der Waals surface area contributed by atoms with Gasteiger partial charge >= 0.3 is 6.18 Å². The highest BCUT2D eigenvalue weighted by atomic mass is 19.4. The average Bonchev–Trinajstić information content (AvgIpc) is 3.40. The van der Waals surface area contributed by atoms with Gasteiger partial charge in [0.1, 0.15) is 11.5 Å². The Morgan fingerprint density at radius 3 is 2.44 bits per heavy atom. The Kier molecular flexibility index (Phi) is 5.52. The molecule has 32 heavy (non-hydrogen) atoms. The van der Waals surface area contributed by atoms with Crippen LogP contribution in [0.3, 0.4) is 0 Å². The molecular formula is C22H17F4N5O. The van der Waals surface area contributed by atoms with Crippen molar-refractivity contribution < 1.29 is 22.4 Å². The first-order valence-corrected chi connectivity index (χ1v) is 9.54. The molecule has 0 atom stereocenters. The summed E-state index contributed by atoms with van der Waals surface area (Å²) in [5.74, 6) is -0.832. The van der Waals surface area contributed by atoms with E-state index in [1.165, 1.54) is 23.1 Å². The van der Waals surface area contributed by atoms with Gasteiger partial charge in [-0.2, -0.15) is 23.4 Å². The van der Waals surface area contributed by atoms with E-state index >= 15 is 0 Å². The quantitative estimate of drug-likeness (QED) is 0.464. The topological polar surface area (TPSA) is 64.7 Å². The number of alkyl halides is 3. The van der Waals surface area contributed by atoms with E-state index in [9.17, 15) is 22.4 Å². The number of aromatic nitrogens is 4. The molecular weight excluding hydrogens is 426 g/mol. The molecule has 10 heteroatoms. The molecule has 2 aromatic carbocycles. The average molecular weight is 443 g/mol. The Balaban J connectivity index is 1.43. The van der Waals surface area contributed by atoms with E-state index in [1.54, 1.807) is 49.4 Å². The van der Waals surface area contributed by atoms with E-state index in [0.29, 0.717) is 16.9 Å². The number of amides is 1. The molecule has 0 aliphatic heterocycles. The molecule has 0 fully saturated rings. The first-order chi connectivity index (χ1) is 15.2. The number of halogens is 4. The van der Waals surface area contributed by atoms with Crippen molar-refractivity contribution in [3.05, 3.63) is 95.3 Å². The lowest BCUT2D eigenvalue weighted by atomic mass is 10.2. The predicted octanol–water partition coefficient (Wildman–Crippen LogP) is 4.45. The molecule has 0 saturated heterocycles. The van der Waals surface area contributed by atoms with E-state index in [2.05, 4.69) is 15.5 Å². The number of para-hydroxylation sites is 1. The summed E-state index contributed by atoms with van der Waals surface area (Å²) in [7, 11) is 0. The second-order valence-electron chi connectivity index (χ2n) is 7.00. The van der Waals surface area contributed by atoms with E-state index in [0.717, 1.165) is 16.3 Å². The number of nitrogens with zero attached hydrogens (tertiary/aromatic N) is 4. The summed E-state index contributed by atoms with van der Waals surface area (Å²) < 4.78 is 54.6. The van der Waals surface area contributed by atoms with Crippen LogP contribution < -0.4 is 5.32 Å². The lowest BCUT2D eigenvalue weighted by molar-refractivity contribution is -0.141. The maximum absolute atomic E-state index is 14.0. The van der Waals surface area contributed by atoms with E-state index in [-0.39, 0.29) is 18.1 Å². The molecule has 0 saturated carbocycles. The van der Waals surface area contributed by atoms with Gasteiger partial charge in [0, 0.05) is 12.7 Å². The standard InChI is InChI=1S/C22H17F4N5O/c1-14-17(13-28-31(14)19-5-3-2-4-18(19)23)21(32)27-12-15-6-8-16(9-7-15)30-11-10-20(29-30)22(24,25)26/h2-11,13H,12H2,1H3,(H,27,32). The monoisotopic (exact) mass is 443 g/mol. The van der Waals surface area contributed by atoms with Crippen molar-refractivity contribution >= 4 is 5.91 Å². The van der Waals surface area contributed by atoms with E-state index in [4.69, 9.17) is 0 Å². The van der Waals surface area contributed by atoms with Crippen molar-refractivity contribution in [3.8, 4) is 11.4 Å². The highest BCUT2D eigenvalue weighted by Crippen LogP contribution is 2.28. The lowest BCUT2D eigenvalue weighted by Gasteiger charge is -2.08. The molecule has 0 unspecified atom stereocenters. The zero-order valence-corrected chi connectivity index (χ0v) is 16.8. The first-order valence-electron chi connectivity index (χ1n) is 9.54. The largest absolute Gasteiger partial charge is 0.435 e. The molecule has 2 aromatic heterocycles. The number of nitrogens with one attached hydrogen (secondary N) is 1. The number of rotatable bonds is 5. The van der Waals surface area contributed by atoms with Gasteiger partial charge in [0.2, 0.25) is 0 Å². The van der Waals surface area contributed by atoms with Gasteiger partial charge in [-0.15, -0.1) is 0 Å². The number of carbonyl (C=O) groups is 1. The molecule has 0 bridgehead atoms. The maximum atomic E-state index is 14.0. The minimum absolute atomic E-state index is 0.191. The molecule has 4 aromatic rings. The van der Waals surface area contributed by atoms with Crippen LogP contribution in [-0.4, -0.2) is 25.5 Å². The molecule has 0 aliphatic carbocycles. The molecule has 4 rings (SSSR count). The summed E-state index contributed by atoms with van der Waals surface area (Å²) in [6.45, 7) is 1.86. The Morgan fingerprint density at radius 2 is 1.78 bits per heavy atom. The molecule has 0 radical (unpaired) electrons. The Labute approximate surface area is 180 Å². The van der Waals surface area contributed by atoms with Crippen LogP contribution in [-0.2, 0) is 12.7 Å². The third-order valence-electron chi connectivity index (χ3n) is 4.87. The third kappa shape index (κ3) is 4.25. The van der Waals surface area contributed by atoms with E-state index < -0.39 is 17.7 Å². The minimum atomic E-state index is -4.51. The van der Waals surface area contributed by atoms with Crippen LogP contribution in [0.15, 0.2) is 67.0 Å². The summed E-state index contributed by atoms with van der Waals surface area (Å²) in [6, 6.07) is 13.6. The highest BCUT2D eigenvalue weighted by Gasteiger charge is 2.33. The van der Waals surface area contributed by atoms with Crippen molar-refractivity contribution in [1.29, 1.82) is 0 Å². The van der Waals surface area contributed by atoms with Gasteiger partial charge in [-0.05, 0) is 42.8 Å². The van der Waals surface area contributed by atoms with Crippen molar-refractivity contribution in [3.63, 3.8) is 0 Å². The van der Waals surface area contributed by atoms with Crippen LogP contribution in [0.2, 0.25) is 0 Å². The van der Waals surface area contributed by atoms with Crippen LogP contribution in [0.25, 0.3) is 11.4 Å².